The van der Waals surface area contributed by atoms with Crippen LogP contribution < -0.4 is 0 Å². The van der Waals surface area contributed by atoms with E-state index in [1.165, 1.54) is 0 Å². The largest absolute Gasteiger partial charge is 0.394 e. The lowest BCUT2D eigenvalue weighted by Gasteiger charge is -2.42. The Morgan fingerprint density at radius 2 is 1.22 bits per heavy atom. The monoisotopic (exact) mass is 566 g/mol. The van der Waals surface area contributed by atoms with Crippen molar-refractivity contribution < 1.29 is 89.0 Å². The highest BCUT2D eigenvalue weighted by molar-refractivity contribution is 7.52. The van der Waals surface area contributed by atoms with Gasteiger partial charge in [-0.1, -0.05) is 0 Å². The summed E-state index contributed by atoms with van der Waals surface area (Å²) >= 11 is 0. The van der Waals surface area contributed by atoms with Crippen LogP contribution in [0.5, 0.6) is 0 Å². The van der Waals surface area contributed by atoms with E-state index in [0.29, 0.717) is 0 Å². The van der Waals surface area contributed by atoms with Gasteiger partial charge in [0.05, 0.1) is 19.8 Å². The molecule has 0 bridgehead atoms. The number of aliphatic hydroxyl groups excluding tert-OH is 11. The first-order valence-electron chi connectivity index (χ1n) is 10.9. The van der Waals surface area contributed by atoms with Crippen molar-refractivity contribution in [3.8, 4) is 0 Å². The molecule has 0 aliphatic carbocycles. The van der Waals surface area contributed by atoms with Crippen LogP contribution in [0.3, 0.4) is 0 Å². The molecule has 2 rings (SSSR count). The van der Waals surface area contributed by atoms with Crippen molar-refractivity contribution in [1.29, 1.82) is 0 Å². The average Bonchev–Trinajstić information content (AvgIpc) is 2.88. The summed E-state index contributed by atoms with van der Waals surface area (Å²) in [6, 6.07) is 0. The number of ether oxygens (including phenoxy) is 4. The normalized spacial score (nSPS) is 40.0. The summed E-state index contributed by atoms with van der Waals surface area (Å²) < 4.78 is 41.9. The molecule has 2 aliphatic heterocycles. The van der Waals surface area contributed by atoms with Crippen molar-refractivity contribution in [2.45, 2.75) is 85.8 Å². The lowest BCUT2D eigenvalue weighted by atomic mass is 9.98. The summed E-state index contributed by atoms with van der Waals surface area (Å²) in [7, 11) is -3.79. The first-order chi connectivity index (χ1) is 17.2. The summed E-state index contributed by atoms with van der Waals surface area (Å²) in [5.41, 5.74) is -1.82. The minimum atomic E-state index is -3.79. The van der Waals surface area contributed by atoms with Gasteiger partial charge in [0.25, 0.3) is 5.52 Å². The summed E-state index contributed by atoms with van der Waals surface area (Å²) in [5.74, 6) is 0. The van der Waals surface area contributed by atoms with Crippen LogP contribution in [-0.2, 0) is 32.9 Å². The Morgan fingerprint density at radius 1 is 0.730 bits per heavy atom. The molecule has 2 saturated heterocycles. The first-order valence-corrected chi connectivity index (χ1v) is 12.0. The van der Waals surface area contributed by atoms with Gasteiger partial charge in [0, 0.05) is 0 Å². The van der Waals surface area contributed by atoms with E-state index in [4.69, 9.17) is 18.9 Å². The van der Waals surface area contributed by atoms with Crippen LogP contribution in [0.4, 0.5) is 0 Å². The van der Waals surface area contributed by atoms with Crippen molar-refractivity contribution in [2.24, 2.45) is 0 Å². The van der Waals surface area contributed by atoms with Crippen LogP contribution in [0, 0.1) is 0 Å². The highest BCUT2D eigenvalue weighted by Gasteiger charge is 2.48. The second-order valence-electron chi connectivity index (χ2n) is 8.47. The molecule has 0 aromatic heterocycles. The highest BCUT2D eigenvalue weighted by Crippen LogP contribution is 2.26. The van der Waals surface area contributed by atoms with Crippen LogP contribution in [-0.4, -0.2) is 167 Å². The fourth-order valence-electron chi connectivity index (χ4n) is 3.55. The quantitative estimate of drug-likeness (QED) is 0.0977. The number of carbonyl (C=O) groups is 1. The molecule has 0 aromatic carbocycles. The summed E-state index contributed by atoms with van der Waals surface area (Å²) in [6.45, 7) is -2.37. The first kappa shape index (κ1) is 32.2. The number of aliphatic hydroxyl groups is 11. The van der Waals surface area contributed by atoms with Gasteiger partial charge in [-0.15, -0.1) is 0 Å². The van der Waals surface area contributed by atoms with Crippen molar-refractivity contribution in [2.75, 3.05) is 19.8 Å². The maximum Gasteiger partial charge on any atom is 0.388 e. The Morgan fingerprint density at radius 3 is 1.73 bits per heavy atom. The highest BCUT2D eigenvalue weighted by atomic mass is 31.1. The molecule has 0 radical (unpaired) electrons. The molecule has 18 nitrogen and oxygen atoms in total. The molecule has 2 aliphatic rings. The number of hydrogen-bond acceptors (Lipinski definition) is 18. The maximum atomic E-state index is 11.2. The zero-order valence-corrected chi connectivity index (χ0v) is 19.8. The third-order valence-corrected chi connectivity index (χ3v) is 6.50. The maximum absolute atomic E-state index is 11.2. The van der Waals surface area contributed by atoms with Gasteiger partial charge in [0.1, 0.15) is 67.1 Å². The van der Waals surface area contributed by atoms with Gasteiger partial charge in [0.2, 0.25) is 0 Å². The van der Waals surface area contributed by atoms with Crippen molar-refractivity contribution in [1.82, 2.24) is 0 Å². The summed E-state index contributed by atoms with van der Waals surface area (Å²) in [5, 5.41) is 108. The molecular weight excluding hydrogens is 535 g/mol. The van der Waals surface area contributed by atoms with Crippen LogP contribution in [0.2, 0.25) is 0 Å². The van der Waals surface area contributed by atoms with Crippen LogP contribution in [0.15, 0.2) is 0 Å². The molecule has 2 heterocycles. The molecule has 0 spiro atoms. The fourth-order valence-corrected chi connectivity index (χ4v) is 3.92. The minimum absolute atomic E-state index is 0.668. The summed E-state index contributed by atoms with van der Waals surface area (Å²) in [4.78, 5) is 11.2. The molecule has 0 saturated carbocycles. The second kappa shape index (κ2) is 13.9. The third-order valence-electron chi connectivity index (χ3n) is 5.87. The molecular formula is C18H31O18P. The molecule has 0 aromatic rings. The van der Waals surface area contributed by atoms with E-state index in [-0.39, 0.29) is 0 Å². The summed E-state index contributed by atoms with van der Waals surface area (Å²) in [6.07, 6.45) is -26.5. The fraction of sp³-hybridized carbons (Fsp3) is 0.944. The van der Waals surface area contributed by atoms with Crippen molar-refractivity contribution >= 4 is 13.2 Å². The number of hydrogen-bond donors (Lipinski definition) is 11. The van der Waals surface area contributed by atoms with Gasteiger partial charge >= 0.3 is 7.68 Å². The molecule has 0 amide bonds. The predicted octanol–water partition coefficient (Wildman–Crippen LogP) is -7.23. The molecule has 2 fully saturated rings. The molecule has 14 atom stereocenters. The van der Waals surface area contributed by atoms with Gasteiger partial charge in [-0.2, -0.15) is 0 Å². The Hall–Kier alpha value is -1.03. The predicted molar refractivity (Wildman–Crippen MR) is 110 cm³/mol. The number of carbonyl (C=O) groups excluding carboxylic acids is 1. The molecule has 216 valence electrons. The molecule has 0 unspecified atom stereocenters. The zero-order valence-electron chi connectivity index (χ0n) is 18.9. The average molecular weight is 566 g/mol. The second-order valence-corrected chi connectivity index (χ2v) is 9.42. The third kappa shape index (κ3) is 7.55. The van der Waals surface area contributed by atoms with E-state index >= 15 is 0 Å². The van der Waals surface area contributed by atoms with Crippen molar-refractivity contribution in [3.63, 3.8) is 0 Å². The lowest BCUT2D eigenvalue weighted by Crippen LogP contribution is -2.62. The van der Waals surface area contributed by atoms with Gasteiger partial charge in [-0.25, -0.2) is 9.13 Å². The minimum Gasteiger partial charge on any atom is -0.394 e. The standard InChI is InChI=1S/C18H31O18P/c19-1-5-8(22)11(25)14(28)18(35-5)34-3-6-9(23)12(26)15(29)17(36-6)33-2-4(20)7(21)10(24)13(27)16(30)37(31)32/h4-15,17-29H,1-3H2/t4-,5-,6-,7-,8-,9-,10+,11+,12+,13-,14-,15-,17+,18+/m1/s1. The van der Waals surface area contributed by atoms with Crippen LogP contribution in [0.25, 0.3) is 0 Å². The smallest absolute Gasteiger partial charge is 0.388 e. The van der Waals surface area contributed by atoms with Gasteiger partial charge in [0.15, 0.2) is 18.7 Å². The van der Waals surface area contributed by atoms with Gasteiger partial charge in [-0.3, -0.25) is 4.79 Å². The molecule has 11 N–H and O–H groups in total. The lowest BCUT2D eigenvalue weighted by molar-refractivity contribution is -0.333. The molecule has 37 heavy (non-hydrogen) atoms. The zero-order chi connectivity index (χ0) is 28.2. The van der Waals surface area contributed by atoms with Gasteiger partial charge in [-0.05, 0) is 0 Å². The van der Waals surface area contributed by atoms with E-state index in [9.17, 15) is 70.1 Å². The van der Waals surface area contributed by atoms with E-state index < -0.39 is 119 Å². The van der Waals surface area contributed by atoms with E-state index in [1.807, 2.05) is 0 Å². The SMILES string of the molecule is O=C([C@H](O)[C@@H](O)[C@H](O)[C@H](O)CO[C@H]1O[C@H](CO[C@H]2O[C@H](CO)[C@@H](O)[C@H](O)[C@H]2O)[C@@H](O)[C@H](O)[C@H]1O)P(=O)=O. The Balaban J connectivity index is 1.97. The van der Waals surface area contributed by atoms with Gasteiger partial charge < -0.3 is 75.1 Å². The van der Waals surface area contributed by atoms with Crippen LogP contribution in [0.1, 0.15) is 0 Å². The van der Waals surface area contributed by atoms with Crippen molar-refractivity contribution in [3.05, 3.63) is 0 Å². The van der Waals surface area contributed by atoms with Crippen LogP contribution >= 0.6 is 7.68 Å². The Bertz CT molecular complexity index is 802. The van der Waals surface area contributed by atoms with E-state index in [0.717, 1.165) is 0 Å². The topological polar surface area (TPSA) is 311 Å². The number of rotatable bonds is 12. The Labute approximate surface area is 208 Å². The molecule has 19 heteroatoms. The Kier molecular flexibility index (Phi) is 12.1. The van der Waals surface area contributed by atoms with E-state index in [1.54, 1.807) is 0 Å². The van der Waals surface area contributed by atoms with E-state index in [2.05, 4.69) is 0 Å².